The van der Waals surface area contributed by atoms with Crippen molar-refractivity contribution in [3.63, 3.8) is 0 Å². The number of aromatic nitrogens is 2. The maximum Gasteiger partial charge on any atom is 0.148 e. The van der Waals surface area contributed by atoms with Crippen LogP contribution < -0.4 is 11.1 Å². The van der Waals surface area contributed by atoms with Gasteiger partial charge in [0.1, 0.15) is 5.82 Å². The van der Waals surface area contributed by atoms with Crippen molar-refractivity contribution in [2.45, 2.75) is 25.8 Å². The molecule has 17 heavy (non-hydrogen) atoms. The maximum atomic E-state index is 9.20. The van der Waals surface area contributed by atoms with Crippen LogP contribution in [0.25, 0.3) is 0 Å². The lowest BCUT2D eigenvalue weighted by molar-refractivity contribution is 0.153. The van der Waals surface area contributed by atoms with Gasteiger partial charge < -0.3 is 20.9 Å². The standard InChI is InChI=1S/C11H22N4O2/c1-4-5-9-10(12)11(15(2)14-9)13-8(6-16)7-17-3/h8,13,16H,4-7,12H2,1-3H3. The number of methoxy groups -OCH3 is 1. The van der Waals surface area contributed by atoms with Crippen molar-refractivity contribution in [1.82, 2.24) is 9.78 Å². The lowest BCUT2D eigenvalue weighted by Gasteiger charge is -2.16. The topological polar surface area (TPSA) is 85.3 Å². The molecule has 1 atom stereocenters. The number of ether oxygens (including phenoxy) is 1. The maximum absolute atomic E-state index is 9.20. The SMILES string of the molecule is CCCc1nn(C)c(NC(CO)COC)c1N. The van der Waals surface area contributed by atoms with Crippen molar-refractivity contribution in [3.8, 4) is 0 Å². The first-order chi connectivity index (χ1) is 8.13. The number of nitrogens with two attached hydrogens (primary N) is 1. The van der Waals surface area contributed by atoms with Crippen LogP contribution in [-0.4, -0.2) is 41.3 Å². The monoisotopic (exact) mass is 242 g/mol. The second kappa shape index (κ2) is 6.46. The molecule has 0 saturated carbocycles. The number of anilines is 2. The first-order valence-electron chi connectivity index (χ1n) is 5.81. The first kappa shape index (κ1) is 13.8. The molecule has 0 aliphatic heterocycles. The van der Waals surface area contributed by atoms with Gasteiger partial charge >= 0.3 is 0 Å². The van der Waals surface area contributed by atoms with Crippen LogP contribution in [0.3, 0.4) is 0 Å². The molecule has 0 aliphatic carbocycles. The lowest BCUT2D eigenvalue weighted by atomic mass is 10.2. The van der Waals surface area contributed by atoms with Crippen LogP contribution in [-0.2, 0) is 18.2 Å². The van der Waals surface area contributed by atoms with Gasteiger partial charge in [-0.2, -0.15) is 5.10 Å². The van der Waals surface area contributed by atoms with Gasteiger partial charge in [0.15, 0.2) is 0 Å². The van der Waals surface area contributed by atoms with E-state index in [1.54, 1.807) is 11.8 Å². The van der Waals surface area contributed by atoms with Crippen LogP contribution in [0.4, 0.5) is 11.5 Å². The minimum absolute atomic E-state index is 0.0123. The second-order valence-corrected chi connectivity index (χ2v) is 4.06. The van der Waals surface area contributed by atoms with Crippen molar-refractivity contribution in [2.24, 2.45) is 7.05 Å². The van der Waals surface area contributed by atoms with E-state index in [1.807, 2.05) is 7.05 Å². The largest absolute Gasteiger partial charge is 0.394 e. The third-order valence-electron chi connectivity index (χ3n) is 2.58. The number of hydrogen-bond donors (Lipinski definition) is 3. The molecule has 0 aromatic carbocycles. The van der Waals surface area contributed by atoms with Gasteiger partial charge in [0.05, 0.1) is 30.6 Å². The van der Waals surface area contributed by atoms with Crippen LogP contribution in [0, 0.1) is 0 Å². The third kappa shape index (κ3) is 3.34. The van der Waals surface area contributed by atoms with Gasteiger partial charge in [-0.1, -0.05) is 13.3 Å². The molecule has 0 fully saturated rings. The van der Waals surface area contributed by atoms with Gasteiger partial charge in [-0.3, -0.25) is 4.68 Å². The van der Waals surface area contributed by atoms with E-state index < -0.39 is 0 Å². The number of nitrogen functional groups attached to an aromatic ring is 1. The summed E-state index contributed by atoms with van der Waals surface area (Å²) in [6.07, 6.45) is 1.86. The van der Waals surface area contributed by atoms with Gasteiger partial charge in [0, 0.05) is 14.2 Å². The molecule has 1 rings (SSSR count). The van der Waals surface area contributed by atoms with Crippen LogP contribution in [0.1, 0.15) is 19.0 Å². The second-order valence-electron chi connectivity index (χ2n) is 4.06. The molecule has 1 aromatic heterocycles. The van der Waals surface area contributed by atoms with Crippen LogP contribution in [0.5, 0.6) is 0 Å². The molecule has 0 saturated heterocycles. The Morgan fingerprint density at radius 1 is 1.59 bits per heavy atom. The molecule has 0 aliphatic rings. The van der Waals surface area contributed by atoms with Crippen molar-refractivity contribution >= 4 is 11.5 Å². The summed E-state index contributed by atoms with van der Waals surface area (Å²) in [4.78, 5) is 0. The molecule has 0 radical (unpaired) electrons. The Labute approximate surface area is 102 Å². The van der Waals surface area contributed by atoms with E-state index in [-0.39, 0.29) is 12.6 Å². The average molecular weight is 242 g/mol. The van der Waals surface area contributed by atoms with Crippen molar-refractivity contribution in [3.05, 3.63) is 5.69 Å². The van der Waals surface area contributed by atoms with Crippen LogP contribution >= 0.6 is 0 Å². The predicted octanol–water partition coefficient (Wildman–Crippen LogP) is 0.374. The fourth-order valence-corrected chi connectivity index (χ4v) is 1.72. The number of hydrogen-bond acceptors (Lipinski definition) is 5. The van der Waals surface area contributed by atoms with Gasteiger partial charge in [0.25, 0.3) is 0 Å². The Morgan fingerprint density at radius 3 is 2.82 bits per heavy atom. The first-order valence-corrected chi connectivity index (χ1v) is 5.81. The quantitative estimate of drug-likeness (QED) is 0.643. The van der Waals surface area contributed by atoms with Gasteiger partial charge in [0.2, 0.25) is 0 Å². The highest BCUT2D eigenvalue weighted by Crippen LogP contribution is 2.23. The zero-order chi connectivity index (χ0) is 12.8. The third-order valence-corrected chi connectivity index (χ3v) is 2.58. The van der Waals surface area contributed by atoms with E-state index in [0.717, 1.165) is 24.4 Å². The summed E-state index contributed by atoms with van der Waals surface area (Å²) in [5.74, 6) is 0.740. The Hall–Kier alpha value is -1.27. The number of aliphatic hydroxyl groups is 1. The van der Waals surface area contributed by atoms with E-state index in [9.17, 15) is 5.11 Å². The smallest absolute Gasteiger partial charge is 0.148 e. The summed E-state index contributed by atoms with van der Waals surface area (Å²) < 4.78 is 6.72. The minimum Gasteiger partial charge on any atom is -0.394 e. The van der Waals surface area contributed by atoms with Crippen LogP contribution in [0.15, 0.2) is 0 Å². The average Bonchev–Trinajstić information content (AvgIpc) is 2.56. The molecule has 6 heteroatoms. The number of aryl methyl sites for hydroxylation is 2. The predicted molar refractivity (Wildman–Crippen MR) is 68.0 cm³/mol. The fraction of sp³-hybridized carbons (Fsp3) is 0.727. The molecule has 1 heterocycles. The lowest BCUT2D eigenvalue weighted by Crippen LogP contribution is -2.30. The fourth-order valence-electron chi connectivity index (χ4n) is 1.72. The highest BCUT2D eigenvalue weighted by Gasteiger charge is 2.16. The van der Waals surface area contributed by atoms with Crippen molar-refractivity contribution in [1.29, 1.82) is 0 Å². The minimum atomic E-state index is -0.174. The van der Waals surface area contributed by atoms with E-state index in [0.29, 0.717) is 12.3 Å². The summed E-state index contributed by atoms with van der Waals surface area (Å²) in [5.41, 5.74) is 7.57. The summed E-state index contributed by atoms with van der Waals surface area (Å²) in [5, 5.41) is 16.7. The molecular formula is C11H22N4O2. The molecule has 98 valence electrons. The van der Waals surface area contributed by atoms with Gasteiger partial charge in [-0.25, -0.2) is 0 Å². The summed E-state index contributed by atoms with van der Waals surface area (Å²) in [6.45, 7) is 2.49. The van der Waals surface area contributed by atoms with Crippen molar-refractivity contribution < 1.29 is 9.84 Å². The van der Waals surface area contributed by atoms with E-state index >= 15 is 0 Å². The Bertz CT molecular complexity index is 351. The number of aliphatic hydroxyl groups excluding tert-OH is 1. The normalized spacial score (nSPS) is 12.7. The molecule has 1 unspecified atom stereocenters. The summed E-state index contributed by atoms with van der Waals surface area (Å²) in [6, 6.07) is -0.174. The van der Waals surface area contributed by atoms with E-state index in [4.69, 9.17) is 10.5 Å². The molecule has 0 amide bonds. The Morgan fingerprint density at radius 2 is 2.29 bits per heavy atom. The van der Waals surface area contributed by atoms with Gasteiger partial charge in [-0.05, 0) is 6.42 Å². The van der Waals surface area contributed by atoms with E-state index in [2.05, 4.69) is 17.3 Å². The Kier molecular flexibility index (Phi) is 5.24. The molecule has 1 aromatic rings. The van der Waals surface area contributed by atoms with Gasteiger partial charge in [-0.15, -0.1) is 0 Å². The Balaban J connectivity index is 2.82. The highest BCUT2D eigenvalue weighted by molar-refractivity contribution is 5.65. The molecular weight excluding hydrogens is 220 g/mol. The number of nitrogens with one attached hydrogen (secondary N) is 1. The number of rotatable bonds is 7. The van der Waals surface area contributed by atoms with Crippen LogP contribution in [0.2, 0.25) is 0 Å². The molecule has 6 nitrogen and oxygen atoms in total. The molecule has 0 bridgehead atoms. The zero-order valence-electron chi connectivity index (χ0n) is 10.7. The molecule has 4 N–H and O–H groups in total. The highest BCUT2D eigenvalue weighted by atomic mass is 16.5. The zero-order valence-corrected chi connectivity index (χ0v) is 10.7. The summed E-state index contributed by atoms with van der Waals surface area (Å²) >= 11 is 0. The van der Waals surface area contributed by atoms with Crippen molar-refractivity contribution in [2.75, 3.05) is 31.4 Å². The number of nitrogens with zero attached hydrogens (tertiary/aromatic N) is 2. The summed E-state index contributed by atoms with van der Waals surface area (Å²) in [7, 11) is 3.43. The molecule has 0 spiro atoms. The van der Waals surface area contributed by atoms with E-state index in [1.165, 1.54) is 0 Å².